The van der Waals surface area contributed by atoms with Gasteiger partial charge in [-0.2, -0.15) is 0 Å². The van der Waals surface area contributed by atoms with Crippen molar-refractivity contribution in [1.82, 2.24) is 16.0 Å². The Morgan fingerprint density at radius 2 is 1.72 bits per heavy atom. The second kappa shape index (κ2) is 18.1. The monoisotopic (exact) mass is 605 g/mol. The molecule has 1 amide bonds. The Morgan fingerprint density at radius 1 is 1.02 bits per heavy atom. The first-order valence-electron chi connectivity index (χ1n) is 15.5. The van der Waals surface area contributed by atoms with Gasteiger partial charge < -0.3 is 44.7 Å². The molecule has 1 aliphatic carbocycles. The van der Waals surface area contributed by atoms with Crippen LogP contribution in [0, 0.1) is 5.92 Å². The fraction of sp³-hybridized carbons (Fsp3) is 0.688. The van der Waals surface area contributed by atoms with E-state index in [1.807, 2.05) is 12.1 Å². The molecular weight excluding hydrogens is 554 g/mol. The van der Waals surface area contributed by atoms with Gasteiger partial charge in [0.25, 0.3) is 0 Å². The number of esters is 1. The predicted octanol–water partition coefficient (Wildman–Crippen LogP) is 3.40. The summed E-state index contributed by atoms with van der Waals surface area (Å²) in [6.45, 7) is 9.94. The van der Waals surface area contributed by atoms with Gasteiger partial charge >= 0.3 is 5.97 Å². The summed E-state index contributed by atoms with van der Waals surface area (Å²) in [6, 6.07) is 3.35. The third-order valence-electron chi connectivity index (χ3n) is 8.12. The average molecular weight is 606 g/mol. The molecule has 4 unspecified atom stereocenters. The van der Waals surface area contributed by atoms with Gasteiger partial charge in [-0.3, -0.25) is 9.59 Å². The zero-order valence-corrected chi connectivity index (χ0v) is 26.5. The number of phenols is 1. The number of ether oxygens (including phenoxy) is 5. The number of benzene rings is 1. The fourth-order valence-corrected chi connectivity index (χ4v) is 6.00. The van der Waals surface area contributed by atoms with Gasteiger partial charge in [-0.1, -0.05) is 19.4 Å². The molecule has 0 radical (unpaired) electrons. The number of rotatable bonds is 18. The molecule has 1 aromatic carbocycles. The molecule has 1 heterocycles. The van der Waals surface area contributed by atoms with E-state index in [1.165, 1.54) is 21.1 Å². The summed E-state index contributed by atoms with van der Waals surface area (Å²) >= 11 is 0. The molecule has 2 aliphatic rings. The van der Waals surface area contributed by atoms with E-state index in [4.69, 9.17) is 23.7 Å². The predicted molar refractivity (Wildman–Crippen MR) is 164 cm³/mol. The Morgan fingerprint density at radius 3 is 2.30 bits per heavy atom. The second-order valence-electron chi connectivity index (χ2n) is 11.2. The Bertz CT molecular complexity index is 1050. The SMILES string of the molecule is CCCNCCCNCCC(=O)NC1C(CC)=C(CC2COCO2)C(c2cc(OC)c(O)c(OC)c2)CC1COC(C)=O. The maximum absolute atomic E-state index is 13.2. The molecule has 1 aliphatic heterocycles. The van der Waals surface area contributed by atoms with Gasteiger partial charge in [-0.25, -0.2) is 0 Å². The van der Waals surface area contributed by atoms with Gasteiger partial charge in [0.15, 0.2) is 11.5 Å². The van der Waals surface area contributed by atoms with Gasteiger partial charge in [0.1, 0.15) is 6.79 Å². The molecular formula is C32H51N3O8. The van der Waals surface area contributed by atoms with E-state index in [9.17, 15) is 14.7 Å². The summed E-state index contributed by atoms with van der Waals surface area (Å²) in [5.74, 6) is -0.130. The average Bonchev–Trinajstić information content (AvgIpc) is 3.51. The largest absolute Gasteiger partial charge is 0.502 e. The van der Waals surface area contributed by atoms with Crippen LogP contribution in [0.2, 0.25) is 0 Å². The number of amides is 1. The van der Waals surface area contributed by atoms with Crippen LogP contribution in [-0.4, -0.2) is 89.5 Å². The van der Waals surface area contributed by atoms with E-state index in [0.717, 1.165) is 49.2 Å². The molecule has 4 atom stereocenters. The summed E-state index contributed by atoms with van der Waals surface area (Å²) < 4.78 is 27.8. The van der Waals surface area contributed by atoms with Crippen molar-refractivity contribution in [2.45, 2.75) is 77.4 Å². The van der Waals surface area contributed by atoms with Crippen LogP contribution in [0.1, 0.15) is 70.8 Å². The van der Waals surface area contributed by atoms with Crippen molar-refractivity contribution in [3.05, 3.63) is 28.8 Å². The number of carbonyl (C=O) groups excluding carboxylic acids is 2. The number of hydrogen-bond acceptors (Lipinski definition) is 10. The van der Waals surface area contributed by atoms with E-state index < -0.39 is 0 Å². The van der Waals surface area contributed by atoms with Crippen LogP contribution < -0.4 is 25.4 Å². The van der Waals surface area contributed by atoms with Crippen LogP contribution >= 0.6 is 0 Å². The maximum Gasteiger partial charge on any atom is 0.302 e. The molecule has 0 aromatic heterocycles. The highest BCUT2D eigenvalue weighted by Gasteiger charge is 2.40. The Kier molecular flexibility index (Phi) is 14.5. The first-order valence-corrected chi connectivity index (χ1v) is 15.5. The zero-order valence-electron chi connectivity index (χ0n) is 26.5. The van der Waals surface area contributed by atoms with Gasteiger partial charge in [0, 0.05) is 31.7 Å². The first-order chi connectivity index (χ1) is 20.8. The lowest BCUT2D eigenvalue weighted by Gasteiger charge is -2.41. The van der Waals surface area contributed by atoms with Crippen LogP contribution in [0.5, 0.6) is 17.2 Å². The summed E-state index contributed by atoms with van der Waals surface area (Å²) in [4.78, 5) is 25.1. The lowest BCUT2D eigenvalue weighted by molar-refractivity contribution is -0.142. The Hall–Kier alpha value is -2.86. The molecule has 11 heteroatoms. The highest BCUT2D eigenvalue weighted by molar-refractivity contribution is 5.77. The van der Waals surface area contributed by atoms with Crippen molar-refractivity contribution in [3.8, 4) is 17.2 Å². The minimum atomic E-state index is -0.364. The highest BCUT2D eigenvalue weighted by atomic mass is 16.7. The lowest BCUT2D eigenvalue weighted by atomic mass is 9.69. The standard InChI is InChI=1S/C32H51N3O8/c1-6-10-33-11-8-12-34-13-9-30(37)35-31-23(18-42-21(3)36)14-26(22-15-28(39-4)32(38)29(16-22)40-5)27(25(31)7-2)17-24-19-41-20-43-24/h15-16,23-24,26,31,33-34,38H,6-14,17-20H2,1-5H3,(H,35,37). The quantitative estimate of drug-likeness (QED) is 0.112. The van der Waals surface area contributed by atoms with E-state index in [1.54, 1.807) is 0 Å². The van der Waals surface area contributed by atoms with E-state index in [0.29, 0.717) is 50.3 Å². The van der Waals surface area contributed by atoms with Gasteiger partial charge in [-0.15, -0.1) is 0 Å². The molecule has 0 spiro atoms. The van der Waals surface area contributed by atoms with Crippen molar-refractivity contribution in [2.75, 3.05) is 60.4 Å². The van der Waals surface area contributed by atoms with Crippen molar-refractivity contribution in [1.29, 1.82) is 0 Å². The third kappa shape index (κ3) is 10.1. The maximum atomic E-state index is 13.2. The van der Waals surface area contributed by atoms with Crippen molar-refractivity contribution >= 4 is 11.9 Å². The molecule has 0 saturated carbocycles. The summed E-state index contributed by atoms with van der Waals surface area (Å²) in [5, 5.41) is 20.6. The molecule has 11 nitrogen and oxygen atoms in total. The van der Waals surface area contributed by atoms with E-state index in [-0.39, 0.29) is 55.0 Å². The minimum absolute atomic E-state index is 0.0494. The normalized spacial score (nSPS) is 22.0. The van der Waals surface area contributed by atoms with Crippen molar-refractivity contribution in [3.63, 3.8) is 0 Å². The molecule has 242 valence electrons. The molecule has 43 heavy (non-hydrogen) atoms. The van der Waals surface area contributed by atoms with Crippen LogP contribution in [-0.2, 0) is 23.8 Å². The topological polar surface area (TPSA) is 137 Å². The molecule has 4 N–H and O–H groups in total. The third-order valence-corrected chi connectivity index (χ3v) is 8.12. The number of nitrogens with one attached hydrogen (secondary N) is 3. The summed E-state index contributed by atoms with van der Waals surface area (Å²) in [5.41, 5.74) is 3.15. The van der Waals surface area contributed by atoms with Gasteiger partial charge in [0.2, 0.25) is 11.7 Å². The van der Waals surface area contributed by atoms with Gasteiger partial charge in [0.05, 0.1) is 39.6 Å². The zero-order chi connectivity index (χ0) is 31.2. The Balaban J connectivity index is 1.89. The molecule has 1 aromatic rings. The molecule has 1 saturated heterocycles. The fourth-order valence-electron chi connectivity index (χ4n) is 6.00. The van der Waals surface area contributed by atoms with E-state index in [2.05, 4.69) is 29.8 Å². The number of hydrogen-bond donors (Lipinski definition) is 4. The summed E-state index contributed by atoms with van der Waals surface area (Å²) in [7, 11) is 3.01. The number of aromatic hydroxyl groups is 1. The van der Waals surface area contributed by atoms with Crippen LogP contribution in [0.4, 0.5) is 0 Å². The number of carbonyl (C=O) groups is 2. The number of phenolic OH excluding ortho intramolecular Hbond substituents is 1. The van der Waals surface area contributed by atoms with Crippen molar-refractivity contribution in [2.24, 2.45) is 5.92 Å². The second-order valence-corrected chi connectivity index (χ2v) is 11.2. The minimum Gasteiger partial charge on any atom is -0.502 e. The van der Waals surface area contributed by atoms with Gasteiger partial charge in [-0.05, 0) is 75.0 Å². The van der Waals surface area contributed by atoms with Crippen LogP contribution in [0.15, 0.2) is 23.3 Å². The first kappa shape index (κ1) is 34.6. The highest BCUT2D eigenvalue weighted by Crippen LogP contribution is 2.48. The molecule has 1 fully saturated rings. The van der Waals surface area contributed by atoms with Crippen LogP contribution in [0.25, 0.3) is 0 Å². The van der Waals surface area contributed by atoms with Crippen LogP contribution in [0.3, 0.4) is 0 Å². The lowest BCUT2D eigenvalue weighted by Crippen LogP contribution is -2.47. The molecule has 0 bridgehead atoms. The Labute approximate surface area is 256 Å². The van der Waals surface area contributed by atoms with E-state index >= 15 is 0 Å². The molecule has 3 rings (SSSR count). The smallest absolute Gasteiger partial charge is 0.302 e. The summed E-state index contributed by atoms with van der Waals surface area (Å²) in [6.07, 6.45) is 4.27. The number of methoxy groups -OCH3 is 2. The van der Waals surface area contributed by atoms with Crippen molar-refractivity contribution < 1.29 is 38.4 Å².